The molecular weight excluding hydrogens is 514 g/mol. The Labute approximate surface area is 215 Å². The van der Waals surface area contributed by atoms with Crippen molar-refractivity contribution < 1.29 is 22.0 Å². The van der Waals surface area contributed by atoms with Crippen LogP contribution in [0, 0.1) is 11.6 Å². The maximum absolute atomic E-state index is 14.6. The minimum atomic E-state index is -3.47. The van der Waals surface area contributed by atoms with Gasteiger partial charge in [0.05, 0.1) is 11.9 Å². The Morgan fingerprint density at radius 1 is 0.842 bits per heavy atom. The molecule has 192 valence electrons. The molecular formula is C27H20F2N4O4S. The number of amides is 1. The summed E-state index contributed by atoms with van der Waals surface area (Å²) in [5.74, 6) is -1.98. The molecule has 8 nitrogen and oxygen atoms in total. The number of halogens is 2. The van der Waals surface area contributed by atoms with Gasteiger partial charge in [0.2, 0.25) is 15.6 Å². The number of benzene rings is 3. The van der Waals surface area contributed by atoms with E-state index in [0.29, 0.717) is 39.0 Å². The average molecular weight is 535 g/mol. The van der Waals surface area contributed by atoms with E-state index in [4.69, 9.17) is 0 Å². The number of carbonyl (C=O) groups excluding carboxylic acids is 1. The lowest BCUT2D eigenvalue weighted by Crippen LogP contribution is -2.12. The van der Waals surface area contributed by atoms with E-state index >= 15 is 0 Å². The quantitative estimate of drug-likeness (QED) is 0.242. The van der Waals surface area contributed by atoms with Crippen molar-refractivity contribution in [2.45, 2.75) is 0 Å². The van der Waals surface area contributed by atoms with Gasteiger partial charge in [-0.2, -0.15) is 0 Å². The molecule has 0 saturated heterocycles. The average Bonchev–Trinajstić information content (AvgIpc) is 3.27. The highest BCUT2D eigenvalue weighted by Gasteiger charge is 2.15. The number of hydrogen-bond donors (Lipinski definition) is 4. The van der Waals surface area contributed by atoms with Crippen LogP contribution in [0.25, 0.3) is 33.2 Å². The lowest BCUT2D eigenvalue weighted by atomic mass is 9.98. The minimum Gasteiger partial charge on any atom is -0.350 e. The summed E-state index contributed by atoms with van der Waals surface area (Å²) in [7, 11) is -3.47. The van der Waals surface area contributed by atoms with Gasteiger partial charge in [-0.05, 0) is 71.3 Å². The Morgan fingerprint density at radius 2 is 1.63 bits per heavy atom. The zero-order chi connectivity index (χ0) is 27.0. The van der Waals surface area contributed by atoms with Crippen molar-refractivity contribution in [3.63, 3.8) is 0 Å². The fourth-order valence-electron chi connectivity index (χ4n) is 4.06. The van der Waals surface area contributed by atoms with E-state index in [1.165, 1.54) is 18.3 Å². The third kappa shape index (κ3) is 5.47. The molecule has 0 fully saturated rings. The van der Waals surface area contributed by atoms with Gasteiger partial charge in [-0.15, -0.1) is 0 Å². The molecule has 2 aromatic heterocycles. The summed E-state index contributed by atoms with van der Waals surface area (Å²) in [6, 6.07) is 17.5. The Kier molecular flexibility index (Phi) is 6.29. The van der Waals surface area contributed by atoms with Gasteiger partial charge in [-0.25, -0.2) is 17.2 Å². The molecule has 38 heavy (non-hydrogen) atoms. The van der Waals surface area contributed by atoms with E-state index in [2.05, 4.69) is 20.0 Å². The first-order valence-electron chi connectivity index (χ1n) is 11.3. The van der Waals surface area contributed by atoms with Gasteiger partial charge in [-0.1, -0.05) is 6.07 Å². The molecule has 2 heterocycles. The number of aromatic nitrogens is 2. The van der Waals surface area contributed by atoms with E-state index in [0.717, 1.165) is 18.4 Å². The highest BCUT2D eigenvalue weighted by molar-refractivity contribution is 7.92. The summed E-state index contributed by atoms with van der Waals surface area (Å²) in [5, 5.41) is 3.47. The molecule has 0 aliphatic carbocycles. The standard InChI is InChI=1S/C27H20F2N4O4S/c1-38(36,37)33-20-5-2-15-11-25(32-24(15)13-20)27(35)31-21-9-17(16-3-7-26(34)30-14-16)8-18(10-21)22-6-4-19(28)12-23(22)29/h2-14,32-33H,1H3,(H,30,34)(H,31,35). The first-order valence-corrected chi connectivity index (χ1v) is 13.1. The molecule has 1 amide bonds. The third-order valence-corrected chi connectivity index (χ3v) is 6.33. The Hall–Kier alpha value is -4.77. The smallest absolute Gasteiger partial charge is 0.272 e. The number of carbonyl (C=O) groups is 1. The van der Waals surface area contributed by atoms with Crippen LogP contribution >= 0.6 is 0 Å². The normalized spacial score (nSPS) is 11.4. The third-order valence-electron chi connectivity index (χ3n) is 5.72. The van der Waals surface area contributed by atoms with Gasteiger partial charge in [0.25, 0.3) is 5.91 Å². The predicted molar refractivity (Wildman–Crippen MR) is 143 cm³/mol. The first kappa shape index (κ1) is 24.9. The van der Waals surface area contributed by atoms with Crippen molar-refractivity contribution in [3.05, 3.63) is 107 Å². The number of fused-ring (bicyclic) bond motifs is 1. The molecule has 5 aromatic rings. The maximum atomic E-state index is 14.6. The molecule has 0 spiro atoms. The SMILES string of the molecule is CS(=O)(=O)Nc1ccc2cc(C(=O)Nc3cc(-c4ccc(=O)[nH]c4)cc(-c4ccc(F)cc4F)c3)[nH]c2c1. The van der Waals surface area contributed by atoms with Crippen LogP contribution < -0.4 is 15.6 Å². The highest BCUT2D eigenvalue weighted by Crippen LogP contribution is 2.32. The molecule has 3 aromatic carbocycles. The molecule has 0 saturated carbocycles. The zero-order valence-corrected chi connectivity index (χ0v) is 20.6. The van der Waals surface area contributed by atoms with Gasteiger partial charge < -0.3 is 15.3 Å². The summed E-state index contributed by atoms with van der Waals surface area (Å²) >= 11 is 0. The van der Waals surface area contributed by atoms with Crippen LogP contribution in [0.1, 0.15) is 10.5 Å². The maximum Gasteiger partial charge on any atom is 0.272 e. The molecule has 0 unspecified atom stereocenters. The summed E-state index contributed by atoms with van der Waals surface area (Å²) in [6.07, 6.45) is 2.53. The number of pyridine rings is 1. The number of rotatable bonds is 6. The monoisotopic (exact) mass is 534 g/mol. The van der Waals surface area contributed by atoms with Gasteiger partial charge in [0.1, 0.15) is 17.3 Å². The number of nitrogens with one attached hydrogen (secondary N) is 4. The first-order chi connectivity index (χ1) is 18.0. The van der Waals surface area contributed by atoms with Crippen molar-refractivity contribution >= 4 is 38.2 Å². The fraction of sp³-hybridized carbons (Fsp3) is 0.0370. The fourth-order valence-corrected chi connectivity index (χ4v) is 4.62. The summed E-state index contributed by atoms with van der Waals surface area (Å²) in [6.45, 7) is 0. The minimum absolute atomic E-state index is 0.129. The van der Waals surface area contributed by atoms with Crippen LogP contribution in [0.4, 0.5) is 20.2 Å². The van der Waals surface area contributed by atoms with Gasteiger partial charge >= 0.3 is 0 Å². The van der Waals surface area contributed by atoms with Crippen molar-refractivity contribution in [1.29, 1.82) is 0 Å². The van der Waals surface area contributed by atoms with E-state index in [1.54, 1.807) is 48.5 Å². The lowest BCUT2D eigenvalue weighted by molar-refractivity contribution is 0.102. The number of H-pyrrole nitrogens is 2. The van der Waals surface area contributed by atoms with Gasteiger partial charge in [-0.3, -0.25) is 14.3 Å². The van der Waals surface area contributed by atoms with Gasteiger partial charge in [0.15, 0.2) is 0 Å². The largest absolute Gasteiger partial charge is 0.350 e. The summed E-state index contributed by atoms with van der Waals surface area (Å²) < 4.78 is 53.6. The van der Waals surface area contributed by atoms with Crippen LogP contribution in [-0.2, 0) is 10.0 Å². The molecule has 0 radical (unpaired) electrons. The van der Waals surface area contributed by atoms with E-state index in [-0.39, 0.29) is 16.8 Å². The van der Waals surface area contributed by atoms with Crippen LogP contribution in [0.3, 0.4) is 0 Å². The number of anilines is 2. The molecule has 0 aliphatic rings. The molecule has 0 atom stereocenters. The topological polar surface area (TPSA) is 124 Å². The second-order valence-corrected chi connectivity index (χ2v) is 10.4. The second-order valence-electron chi connectivity index (χ2n) is 8.68. The summed E-state index contributed by atoms with van der Waals surface area (Å²) in [4.78, 5) is 30.2. The van der Waals surface area contributed by atoms with Crippen molar-refractivity contribution in [2.24, 2.45) is 0 Å². The predicted octanol–water partition coefficient (Wildman–Crippen LogP) is 5.09. The summed E-state index contributed by atoms with van der Waals surface area (Å²) in [5.41, 5.74) is 2.83. The molecule has 11 heteroatoms. The van der Waals surface area contributed by atoms with Crippen LogP contribution in [0.15, 0.2) is 83.8 Å². The molecule has 4 N–H and O–H groups in total. The number of aromatic amines is 2. The number of hydrogen-bond acceptors (Lipinski definition) is 4. The van der Waals surface area contributed by atoms with Crippen molar-refractivity contribution in [3.8, 4) is 22.3 Å². The molecule has 0 bridgehead atoms. The molecule has 5 rings (SSSR count). The van der Waals surface area contributed by atoms with Crippen molar-refractivity contribution in [2.75, 3.05) is 16.3 Å². The van der Waals surface area contributed by atoms with Gasteiger partial charge in [0, 0.05) is 40.5 Å². The Bertz CT molecular complexity index is 1860. The van der Waals surface area contributed by atoms with Crippen molar-refractivity contribution in [1.82, 2.24) is 9.97 Å². The second kappa shape index (κ2) is 9.60. The lowest BCUT2D eigenvalue weighted by Gasteiger charge is -2.12. The Morgan fingerprint density at radius 3 is 2.34 bits per heavy atom. The van der Waals surface area contributed by atoms with E-state index in [1.807, 2.05) is 0 Å². The van der Waals surface area contributed by atoms with E-state index in [9.17, 15) is 26.8 Å². The zero-order valence-electron chi connectivity index (χ0n) is 19.8. The van der Waals surface area contributed by atoms with Crippen LogP contribution in [-0.4, -0.2) is 30.5 Å². The Balaban J connectivity index is 1.52. The van der Waals surface area contributed by atoms with E-state index < -0.39 is 27.6 Å². The van der Waals surface area contributed by atoms with Crippen LogP contribution in [0.2, 0.25) is 0 Å². The number of sulfonamides is 1. The highest BCUT2D eigenvalue weighted by atomic mass is 32.2. The van der Waals surface area contributed by atoms with Crippen LogP contribution in [0.5, 0.6) is 0 Å². The molecule has 0 aliphatic heterocycles.